The molecule has 0 aliphatic heterocycles. The highest BCUT2D eigenvalue weighted by Gasteiger charge is 2.09. The summed E-state index contributed by atoms with van der Waals surface area (Å²) in [6.45, 7) is 2.81. The van der Waals surface area contributed by atoms with Crippen molar-refractivity contribution in [3.05, 3.63) is 35.4 Å². The summed E-state index contributed by atoms with van der Waals surface area (Å²) in [5.74, 6) is -0.0208. The molecule has 106 valence electrons. The average Bonchev–Trinajstić information content (AvgIpc) is 2.88. The van der Waals surface area contributed by atoms with Crippen LogP contribution in [0.15, 0.2) is 24.3 Å². The second kappa shape index (κ2) is 6.67. The fraction of sp³-hybridized carbons (Fsp3) is 0.308. The van der Waals surface area contributed by atoms with E-state index in [1.54, 1.807) is 19.2 Å². The van der Waals surface area contributed by atoms with Gasteiger partial charge in [0.15, 0.2) is 0 Å². The number of methoxy groups -OCH3 is 1. The first-order valence-electron chi connectivity index (χ1n) is 6.17. The number of aromatic nitrogens is 3. The first-order valence-corrected chi connectivity index (χ1v) is 6.17. The fourth-order valence-corrected chi connectivity index (χ4v) is 1.59. The van der Waals surface area contributed by atoms with Crippen LogP contribution in [0.4, 0.5) is 5.95 Å². The van der Waals surface area contributed by atoms with E-state index in [-0.39, 0.29) is 17.9 Å². The van der Waals surface area contributed by atoms with Gasteiger partial charge < -0.3 is 9.47 Å². The van der Waals surface area contributed by atoms with Gasteiger partial charge in [-0.3, -0.25) is 10.1 Å². The van der Waals surface area contributed by atoms with Crippen LogP contribution < -0.4 is 10.1 Å². The molecule has 0 aliphatic carbocycles. The van der Waals surface area contributed by atoms with Crippen molar-refractivity contribution in [2.45, 2.75) is 13.5 Å². The molecule has 7 nitrogen and oxygen atoms in total. The van der Waals surface area contributed by atoms with Crippen molar-refractivity contribution in [1.82, 2.24) is 15.2 Å². The van der Waals surface area contributed by atoms with E-state index in [1.165, 1.54) is 0 Å². The van der Waals surface area contributed by atoms with Crippen molar-refractivity contribution in [3.63, 3.8) is 0 Å². The van der Waals surface area contributed by atoms with Crippen LogP contribution in [0, 0.1) is 0 Å². The molecular formula is C13H16N4O3. The maximum absolute atomic E-state index is 12.0. The lowest BCUT2D eigenvalue weighted by Crippen LogP contribution is -2.13. The summed E-state index contributed by atoms with van der Waals surface area (Å²) in [6, 6.07) is 7.33. The number of aromatic amines is 1. The number of anilines is 1. The quantitative estimate of drug-likeness (QED) is 0.836. The molecule has 2 rings (SSSR count). The largest absolute Gasteiger partial charge is 0.463 e. The Morgan fingerprint density at radius 3 is 2.75 bits per heavy atom. The van der Waals surface area contributed by atoms with Gasteiger partial charge in [-0.2, -0.15) is 4.98 Å². The van der Waals surface area contributed by atoms with Crippen molar-refractivity contribution in [2.24, 2.45) is 0 Å². The van der Waals surface area contributed by atoms with E-state index >= 15 is 0 Å². The molecule has 1 amide bonds. The number of H-pyrrole nitrogens is 1. The third-order valence-electron chi connectivity index (χ3n) is 2.50. The van der Waals surface area contributed by atoms with Gasteiger partial charge in [0.1, 0.15) is 0 Å². The lowest BCUT2D eigenvalue weighted by Gasteiger charge is -2.03. The molecule has 1 aromatic heterocycles. The van der Waals surface area contributed by atoms with E-state index in [0.29, 0.717) is 18.8 Å². The number of carbonyl (C=O) groups is 1. The lowest BCUT2D eigenvalue weighted by molar-refractivity contribution is 0.102. The average molecular weight is 276 g/mol. The van der Waals surface area contributed by atoms with Gasteiger partial charge in [0.25, 0.3) is 5.91 Å². The van der Waals surface area contributed by atoms with Crippen molar-refractivity contribution in [3.8, 4) is 6.01 Å². The fourth-order valence-electron chi connectivity index (χ4n) is 1.59. The monoisotopic (exact) mass is 276 g/mol. The Balaban J connectivity index is 1.99. The highest BCUT2D eigenvalue weighted by Crippen LogP contribution is 2.09. The maximum atomic E-state index is 12.0. The third kappa shape index (κ3) is 3.55. The number of nitrogens with one attached hydrogen (secondary N) is 2. The molecule has 0 spiro atoms. The van der Waals surface area contributed by atoms with Crippen LogP contribution in [0.25, 0.3) is 0 Å². The van der Waals surface area contributed by atoms with E-state index < -0.39 is 0 Å². The third-order valence-corrected chi connectivity index (χ3v) is 2.50. The zero-order valence-electron chi connectivity index (χ0n) is 11.3. The van der Waals surface area contributed by atoms with Crippen LogP contribution in [0.1, 0.15) is 22.8 Å². The van der Waals surface area contributed by atoms with E-state index in [4.69, 9.17) is 9.47 Å². The summed E-state index contributed by atoms with van der Waals surface area (Å²) in [6.07, 6.45) is 0. The van der Waals surface area contributed by atoms with Crippen LogP contribution in [0.2, 0.25) is 0 Å². The molecule has 0 unspecified atom stereocenters. The lowest BCUT2D eigenvalue weighted by atomic mass is 10.1. The molecule has 0 atom stereocenters. The molecule has 20 heavy (non-hydrogen) atoms. The Morgan fingerprint density at radius 1 is 1.35 bits per heavy atom. The summed E-state index contributed by atoms with van der Waals surface area (Å²) in [5.41, 5.74) is 1.53. The number of amides is 1. The van der Waals surface area contributed by atoms with Gasteiger partial charge in [0, 0.05) is 12.7 Å². The number of ether oxygens (including phenoxy) is 2. The molecule has 7 heteroatoms. The van der Waals surface area contributed by atoms with Crippen molar-refractivity contribution < 1.29 is 14.3 Å². The van der Waals surface area contributed by atoms with Crippen LogP contribution in [0.5, 0.6) is 6.01 Å². The second-order valence-electron chi connectivity index (χ2n) is 3.98. The standard InChI is InChI=1S/C13H16N4O3/c1-3-20-13-15-12(16-17-13)14-11(18)10-6-4-9(5-7-10)8-19-2/h4-7H,3,8H2,1-2H3,(H2,14,15,16,17,18). The molecular weight excluding hydrogens is 260 g/mol. The Kier molecular flexibility index (Phi) is 4.67. The zero-order chi connectivity index (χ0) is 14.4. The Bertz CT molecular complexity index is 565. The minimum absolute atomic E-state index is 0.207. The molecule has 2 aromatic rings. The Hall–Kier alpha value is -2.41. The Morgan fingerprint density at radius 2 is 2.10 bits per heavy atom. The van der Waals surface area contributed by atoms with Crippen molar-refractivity contribution in [2.75, 3.05) is 19.0 Å². The molecule has 1 aromatic carbocycles. The minimum Gasteiger partial charge on any atom is -0.463 e. The van der Waals surface area contributed by atoms with Gasteiger partial charge in [-0.1, -0.05) is 12.1 Å². The molecule has 2 N–H and O–H groups in total. The topological polar surface area (TPSA) is 89.1 Å². The number of hydrogen-bond acceptors (Lipinski definition) is 5. The molecule has 0 fully saturated rings. The zero-order valence-corrected chi connectivity index (χ0v) is 11.3. The maximum Gasteiger partial charge on any atom is 0.337 e. The molecule has 0 bridgehead atoms. The van der Waals surface area contributed by atoms with Crippen LogP contribution >= 0.6 is 0 Å². The predicted molar refractivity (Wildman–Crippen MR) is 72.7 cm³/mol. The SMILES string of the molecule is CCOc1n[nH]c(NC(=O)c2ccc(COC)cc2)n1. The normalized spacial score (nSPS) is 10.3. The molecule has 0 aliphatic rings. The second-order valence-corrected chi connectivity index (χ2v) is 3.98. The number of nitrogens with zero attached hydrogens (tertiary/aromatic N) is 2. The van der Waals surface area contributed by atoms with E-state index in [1.807, 2.05) is 19.1 Å². The molecule has 1 heterocycles. The van der Waals surface area contributed by atoms with Crippen molar-refractivity contribution >= 4 is 11.9 Å². The van der Waals surface area contributed by atoms with E-state index in [2.05, 4.69) is 20.5 Å². The van der Waals surface area contributed by atoms with Gasteiger partial charge in [0.05, 0.1) is 13.2 Å². The van der Waals surface area contributed by atoms with E-state index in [0.717, 1.165) is 5.56 Å². The highest BCUT2D eigenvalue weighted by molar-refractivity contribution is 6.03. The van der Waals surface area contributed by atoms with Crippen LogP contribution in [0.3, 0.4) is 0 Å². The van der Waals surface area contributed by atoms with Gasteiger partial charge in [-0.15, -0.1) is 5.10 Å². The van der Waals surface area contributed by atoms with Crippen LogP contribution in [-0.4, -0.2) is 34.8 Å². The summed E-state index contributed by atoms with van der Waals surface area (Å²) < 4.78 is 10.1. The summed E-state index contributed by atoms with van der Waals surface area (Å²) in [7, 11) is 1.63. The summed E-state index contributed by atoms with van der Waals surface area (Å²) >= 11 is 0. The molecule has 0 radical (unpaired) electrons. The molecule has 0 saturated carbocycles. The smallest absolute Gasteiger partial charge is 0.337 e. The van der Waals surface area contributed by atoms with Gasteiger partial charge >= 0.3 is 6.01 Å². The first kappa shape index (κ1) is 14.0. The Labute approximate surface area is 116 Å². The van der Waals surface area contributed by atoms with E-state index in [9.17, 15) is 4.79 Å². The number of benzene rings is 1. The van der Waals surface area contributed by atoms with Crippen LogP contribution in [-0.2, 0) is 11.3 Å². The predicted octanol–water partition coefficient (Wildman–Crippen LogP) is 1.60. The highest BCUT2D eigenvalue weighted by atomic mass is 16.5. The first-order chi connectivity index (χ1) is 9.72. The number of carbonyl (C=O) groups excluding carboxylic acids is 1. The van der Waals surface area contributed by atoms with Crippen molar-refractivity contribution in [1.29, 1.82) is 0 Å². The minimum atomic E-state index is -0.270. The summed E-state index contributed by atoms with van der Waals surface area (Å²) in [4.78, 5) is 16.0. The van der Waals surface area contributed by atoms with Gasteiger partial charge in [-0.25, -0.2) is 5.10 Å². The van der Waals surface area contributed by atoms with Gasteiger partial charge in [-0.05, 0) is 24.6 Å². The van der Waals surface area contributed by atoms with Gasteiger partial charge in [0.2, 0.25) is 5.95 Å². The number of hydrogen-bond donors (Lipinski definition) is 2. The molecule has 0 saturated heterocycles. The summed E-state index contributed by atoms with van der Waals surface area (Å²) in [5, 5.41) is 9.00. The number of rotatable bonds is 6.